The van der Waals surface area contributed by atoms with E-state index in [-0.39, 0.29) is 24.0 Å². The minimum absolute atomic E-state index is 0.00446. The third kappa shape index (κ3) is 5.30. The molecule has 0 saturated heterocycles. The van der Waals surface area contributed by atoms with Gasteiger partial charge >= 0.3 is 6.09 Å². The normalized spacial score (nSPS) is 21.9. The Hall–Kier alpha value is -3.19. The number of nitrogens with one attached hydrogen (secondary N) is 1. The molecule has 1 saturated carbocycles. The van der Waals surface area contributed by atoms with Gasteiger partial charge in [0.1, 0.15) is 6.04 Å². The zero-order chi connectivity index (χ0) is 24.1. The number of nitrogens with two attached hydrogens (primary N) is 1. The first kappa shape index (κ1) is 24.0. The van der Waals surface area contributed by atoms with Gasteiger partial charge in [0.05, 0.1) is 7.11 Å². The summed E-state index contributed by atoms with van der Waals surface area (Å²) in [6.45, 7) is 1.23. The maximum Gasteiger partial charge on any atom is 0.411 e. The molecule has 0 bridgehead atoms. The van der Waals surface area contributed by atoms with Crippen LogP contribution in [0.15, 0.2) is 48.5 Å². The molecule has 7 heteroatoms. The summed E-state index contributed by atoms with van der Waals surface area (Å²) in [4.78, 5) is 40.5. The van der Waals surface area contributed by atoms with Gasteiger partial charge in [-0.1, -0.05) is 36.4 Å². The smallest absolute Gasteiger partial charge is 0.411 e. The number of rotatable bonds is 6. The molecule has 0 radical (unpaired) electrons. The van der Waals surface area contributed by atoms with E-state index in [1.807, 2.05) is 35.2 Å². The Balaban J connectivity index is 1.53. The summed E-state index contributed by atoms with van der Waals surface area (Å²) >= 11 is 0. The third-order valence-electron chi connectivity index (χ3n) is 7.16. The number of fused-ring (bicyclic) bond motifs is 1. The van der Waals surface area contributed by atoms with Crippen LogP contribution in [0.25, 0.3) is 0 Å². The molecule has 0 aromatic heterocycles. The van der Waals surface area contributed by atoms with Crippen molar-refractivity contribution in [2.24, 2.45) is 17.6 Å². The van der Waals surface area contributed by atoms with Crippen molar-refractivity contribution >= 4 is 23.5 Å². The highest BCUT2D eigenvalue weighted by atomic mass is 16.5. The molecular weight excluding hydrogens is 430 g/mol. The van der Waals surface area contributed by atoms with Gasteiger partial charge in [-0.2, -0.15) is 0 Å². The summed E-state index contributed by atoms with van der Waals surface area (Å²) in [5.41, 5.74) is 9.33. The van der Waals surface area contributed by atoms with Crippen molar-refractivity contribution in [3.63, 3.8) is 0 Å². The predicted octanol–water partition coefficient (Wildman–Crippen LogP) is 3.87. The lowest BCUT2D eigenvalue weighted by Gasteiger charge is -2.39. The summed E-state index contributed by atoms with van der Waals surface area (Å²) in [6, 6.07) is 14.5. The first-order chi connectivity index (χ1) is 16.5. The molecule has 2 aromatic carbocycles. The number of benzene rings is 2. The fourth-order valence-electron chi connectivity index (χ4n) is 5.20. The second-order valence-corrected chi connectivity index (χ2v) is 9.29. The van der Waals surface area contributed by atoms with Crippen molar-refractivity contribution in [2.45, 2.75) is 44.6 Å². The topological polar surface area (TPSA) is 102 Å². The Labute approximate surface area is 200 Å². The molecule has 1 heterocycles. The number of carbonyl (C=O) groups is 3. The highest BCUT2D eigenvalue weighted by molar-refractivity contribution is 5.93. The van der Waals surface area contributed by atoms with Crippen LogP contribution in [-0.4, -0.2) is 42.9 Å². The highest BCUT2D eigenvalue weighted by Gasteiger charge is 2.38. The van der Waals surface area contributed by atoms with Crippen molar-refractivity contribution in [1.29, 1.82) is 0 Å². The zero-order valence-electron chi connectivity index (χ0n) is 19.7. The second-order valence-electron chi connectivity index (χ2n) is 9.29. The van der Waals surface area contributed by atoms with E-state index in [4.69, 9.17) is 5.73 Å². The molecule has 1 atom stereocenters. The van der Waals surface area contributed by atoms with Crippen molar-refractivity contribution in [3.8, 4) is 0 Å². The van der Waals surface area contributed by atoms with Crippen LogP contribution in [0.2, 0.25) is 0 Å². The Morgan fingerprint density at radius 3 is 2.41 bits per heavy atom. The van der Waals surface area contributed by atoms with Crippen molar-refractivity contribution in [3.05, 3.63) is 65.2 Å². The fraction of sp³-hybridized carbons (Fsp3) is 0.444. The monoisotopic (exact) mass is 463 g/mol. The number of methoxy groups -OCH3 is 1. The number of nitrogens with zero attached hydrogens (tertiary/aromatic N) is 1. The van der Waals surface area contributed by atoms with Crippen LogP contribution in [0.3, 0.4) is 0 Å². The molecule has 34 heavy (non-hydrogen) atoms. The summed E-state index contributed by atoms with van der Waals surface area (Å²) in [6.07, 6.45) is 4.06. The number of Topliss-reactive ketones (excluding diaryl/α,β-unsaturated/α-hetero) is 1. The maximum absolute atomic E-state index is 13.6. The highest BCUT2D eigenvalue weighted by Crippen LogP contribution is 2.36. The quantitative estimate of drug-likeness (QED) is 0.677. The number of anilines is 1. The Morgan fingerprint density at radius 1 is 1.03 bits per heavy atom. The largest absolute Gasteiger partial charge is 0.453 e. The second kappa shape index (κ2) is 10.8. The standard InChI is InChI=1S/C27H33N3O4/c1-34-27(33)29-22-12-8-18(9-13-22)16-24(31)25-23-5-3-2-4-20(23)14-15-30(25)26(32)21-10-6-19(17-28)7-11-21/h2-5,8-9,12-13,19,21,25H,6-7,10-11,14-17,28H2,1H3,(H,29,33). The molecule has 0 spiro atoms. The van der Waals surface area contributed by atoms with Gasteiger partial charge < -0.3 is 15.4 Å². The van der Waals surface area contributed by atoms with Gasteiger partial charge in [-0.15, -0.1) is 0 Å². The molecule has 2 aromatic rings. The van der Waals surface area contributed by atoms with E-state index in [9.17, 15) is 14.4 Å². The van der Waals surface area contributed by atoms with Crippen molar-refractivity contribution in [2.75, 3.05) is 25.5 Å². The lowest BCUT2D eigenvalue weighted by Crippen LogP contribution is -2.47. The summed E-state index contributed by atoms with van der Waals surface area (Å²) in [5, 5.41) is 2.61. The van der Waals surface area contributed by atoms with Gasteiger partial charge in [-0.05, 0) is 73.4 Å². The minimum Gasteiger partial charge on any atom is -0.453 e. The zero-order valence-corrected chi connectivity index (χ0v) is 19.7. The average Bonchev–Trinajstić information content (AvgIpc) is 2.88. The van der Waals surface area contributed by atoms with Crippen LogP contribution in [0.1, 0.15) is 48.4 Å². The van der Waals surface area contributed by atoms with Gasteiger partial charge in [0, 0.05) is 24.6 Å². The number of ketones is 1. The molecule has 4 rings (SSSR count). The number of hydrogen-bond donors (Lipinski definition) is 2. The van der Waals surface area contributed by atoms with Gasteiger partial charge in [0.2, 0.25) is 5.91 Å². The van der Waals surface area contributed by atoms with E-state index in [1.165, 1.54) is 7.11 Å². The number of carbonyl (C=O) groups excluding carboxylic acids is 3. The molecule has 7 nitrogen and oxygen atoms in total. The number of amides is 2. The third-order valence-corrected chi connectivity index (χ3v) is 7.16. The predicted molar refractivity (Wildman–Crippen MR) is 130 cm³/mol. The summed E-state index contributed by atoms with van der Waals surface area (Å²) in [7, 11) is 1.31. The molecule has 3 N–H and O–H groups in total. The van der Waals surface area contributed by atoms with E-state index < -0.39 is 12.1 Å². The summed E-state index contributed by atoms with van der Waals surface area (Å²) < 4.78 is 4.61. The minimum atomic E-state index is -0.572. The van der Waals surface area contributed by atoms with Gasteiger partial charge in [-0.25, -0.2) is 4.79 Å². The molecule has 1 fully saturated rings. The number of hydrogen-bond acceptors (Lipinski definition) is 5. The molecule has 2 aliphatic rings. The van der Waals surface area contributed by atoms with Gasteiger partial charge in [-0.3, -0.25) is 14.9 Å². The first-order valence-corrected chi connectivity index (χ1v) is 12.0. The fourth-order valence-corrected chi connectivity index (χ4v) is 5.20. The van der Waals surface area contributed by atoms with E-state index in [0.29, 0.717) is 24.7 Å². The molecular formula is C27H33N3O4. The van der Waals surface area contributed by atoms with E-state index in [1.54, 1.807) is 12.1 Å². The lowest BCUT2D eigenvalue weighted by molar-refractivity contribution is -0.144. The van der Waals surface area contributed by atoms with E-state index in [0.717, 1.165) is 48.8 Å². The molecule has 2 amide bonds. The Morgan fingerprint density at radius 2 is 1.74 bits per heavy atom. The van der Waals surface area contributed by atoms with E-state index >= 15 is 0 Å². The van der Waals surface area contributed by atoms with Crippen molar-refractivity contribution in [1.82, 2.24) is 4.90 Å². The number of ether oxygens (including phenoxy) is 1. The van der Waals surface area contributed by atoms with Crippen LogP contribution in [0.4, 0.5) is 10.5 Å². The van der Waals surface area contributed by atoms with E-state index in [2.05, 4.69) is 16.1 Å². The van der Waals surface area contributed by atoms with Crippen LogP contribution >= 0.6 is 0 Å². The Kier molecular flexibility index (Phi) is 7.63. The molecule has 1 aliphatic carbocycles. The van der Waals surface area contributed by atoms with Crippen LogP contribution < -0.4 is 11.1 Å². The van der Waals surface area contributed by atoms with Crippen LogP contribution in [-0.2, 0) is 27.2 Å². The molecule has 1 unspecified atom stereocenters. The van der Waals surface area contributed by atoms with Crippen molar-refractivity contribution < 1.29 is 19.1 Å². The Bertz CT molecular complexity index is 1030. The average molecular weight is 464 g/mol. The summed E-state index contributed by atoms with van der Waals surface area (Å²) in [5.74, 6) is 0.568. The lowest BCUT2D eigenvalue weighted by atomic mass is 9.80. The van der Waals surface area contributed by atoms with Crippen LogP contribution in [0.5, 0.6) is 0 Å². The first-order valence-electron chi connectivity index (χ1n) is 12.0. The molecule has 180 valence electrons. The van der Waals surface area contributed by atoms with Gasteiger partial charge in [0.25, 0.3) is 0 Å². The van der Waals surface area contributed by atoms with Crippen LogP contribution in [0, 0.1) is 11.8 Å². The van der Waals surface area contributed by atoms with Gasteiger partial charge in [0.15, 0.2) is 5.78 Å². The maximum atomic E-state index is 13.6. The molecule has 1 aliphatic heterocycles. The SMILES string of the molecule is COC(=O)Nc1ccc(CC(=O)C2c3ccccc3CCN2C(=O)C2CCC(CN)CC2)cc1.